The quantitative estimate of drug-likeness (QED) is 0.843. The number of nitrogens with one attached hydrogen (secondary N) is 2. The standard InChI is InChI=1S/C14H16N4O3/c1-10-3-5-11(6-4-10)15-14(20)16-12-7-8-18(17-12)9-13(19)21-2/h3-8H,9H2,1-2H3,(H2,15,16,17,20). The molecule has 2 aromatic rings. The lowest BCUT2D eigenvalue weighted by Crippen LogP contribution is -2.20. The molecular weight excluding hydrogens is 272 g/mol. The van der Waals surface area contributed by atoms with Gasteiger partial charge in [-0.05, 0) is 19.1 Å². The van der Waals surface area contributed by atoms with E-state index in [0.29, 0.717) is 11.5 Å². The van der Waals surface area contributed by atoms with Gasteiger partial charge in [0.25, 0.3) is 0 Å². The zero-order valence-corrected chi connectivity index (χ0v) is 11.8. The third-order valence-corrected chi connectivity index (χ3v) is 2.71. The zero-order chi connectivity index (χ0) is 15.2. The van der Waals surface area contributed by atoms with Gasteiger partial charge in [0.1, 0.15) is 6.54 Å². The fourth-order valence-corrected chi connectivity index (χ4v) is 1.63. The van der Waals surface area contributed by atoms with Crippen LogP contribution < -0.4 is 10.6 Å². The highest BCUT2D eigenvalue weighted by atomic mass is 16.5. The third-order valence-electron chi connectivity index (χ3n) is 2.71. The largest absolute Gasteiger partial charge is 0.468 e. The lowest BCUT2D eigenvalue weighted by molar-refractivity contribution is -0.141. The van der Waals surface area contributed by atoms with E-state index in [9.17, 15) is 9.59 Å². The number of rotatable bonds is 4. The van der Waals surface area contributed by atoms with Crippen LogP contribution in [0.4, 0.5) is 16.3 Å². The number of nitrogens with zero attached hydrogens (tertiary/aromatic N) is 2. The molecule has 2 amide bonds. The van der Waals surface area contributed by atoms with Crippen molar-refractivity contribution in [1.29, 1.82) is 0 Å². The predicted octanol–water partition coefficient (Wildman–Crippen LogP) is 2.01. The Morgan fingerprint density at radius 3 is 2.57 bits per heavy atom. The molecule has 1 aromatic heterocycles. The smallest absolute Gasteiger partial charge is 0.327 e. The van der Waals surface area contributed by atoms with Crippen molar-refractivity contribution in [3.05, 3.63) is 42.1 Å². The third kappa shape index (κ3) is 4.34. The van der Waals surface area contributed by atoms with Crippen LogP contribution in [0.25, 0.3) is 0 Å². The molecule has 1 heterocycles. The summed E-state index contributed by atoms with van der Waals surface area (Å²) in [4.78, 5) is 22.9. The van der Waals surface area contributed by atoms with E-state index in [-0.39, 0.29) is 6.54 Å². The van der Waals surface area contributed by atoms with Crippen LogP contribution >= 0.6 is 0 Å². The van der Waals surface area contributed by atoms with Crippen molar-refractivity contribution in [2.45, 2.75) is 13.5 Å². The van der Waals surface area contributed by atoms with Gasteiger partial charge in [0.2, 0.25) is 0 Å². The number of methoxy groups -OCH3 is 1. The van der Waals surface area contributed by atoms with E-state index in [4.69, 9.17) is 0 Å². The van der Waals surface area contributed by atoms with Gasteiger partial charge in [0.15, 0.2) is 5.82 Å². The summed E-state index contributed by atoms with van der Waals surface area (Å²) in [6.07, 6.45) is 1.58. The highest BCUT2D eigenvalue weighted by molar-refractivity contribution is 5.99. The molecule has 2 N–H and O–H groups in total. The van der Waals surface area contributed by atoms with Crippen molar-refractivity contribution < 1.29 is 14.3 Å². The molecule has 0 saturated heterocycles. The molecular formula is C14H16N4O3. The summed E-state index contributed by atoms with van der Waals surface area (Å²) in [5.74, 6) is -0.0581. The number of aromatic nitrogens is 2. The van der Waals surface area contributed by atoms with Crippen molar-refractivity contribution in [3.8, 4) is 0 Å². The Morgan fingerprint density at radius 1 is 1.19 bits per heavy atom. The molecule has 2 rings (SSSR count). The highest BCUT2D eigenvalue weighted by Crippen LogP contribution is 2.09. The second-order valence-electron chi connectivity index (χ2n) is 4.42. The summed E-state index contributed by atoms with van der Waals surface area (Å²) in [5.41, 5.74) is 1.80. The SMILES string of the molecule is COC(=O)Cn1ccc(NC(=O)Nc2ccc(C)cc2)n1. The first-order chi connectivity index (χ1) is 10.1. The molecule has 0 aliphatic carbocycles. The van der Waals surface area contributed by atoms with Gasteiger partial charge in [-0.15, -0.1) is 0 Å². The average Bonchev–Trinajstić information content (AvgIpc) is 2.88. The van der Waals surface area contributed by atoms with Crippen molar-refractivity contribution >= 4 is 23.5 Å². The lowest BCUT2D eigenvalue weighted by Gasteiger charge is -2.05. The van der Waals surface area contributed by atoms with Crippen molar-refractivity contribution in [3.63, 3.8) is 0 Å². The number of aryl methyl sites for hydroxylation is 1. The normalized spacial score (nSPS) is 10.0. The predicted molar refractivity (Wildman–Crippen MR) is 78.1 cm³/mol. The molecule has 0 aliphatic rings. The van der Waals surface area contributed by atoms with Crippen LogP contribution in [0.15, 0.2) is 36.5 Å². The molecule has 21 heavy (non-hydrogen) atoms. The highest BCUT2D eigenvalue weighted by Gasteiger charge is 2.07. The van der Waals surface area contributed by atoms with E-state index in [1.165, 1.54) is 11.8 Å². The minimum Gasteiger partial charge on any atom is -0.468 e. The molecule has 0 saturated carbocycles. The molecule has 1 aromatic carbocycles. The molecule has 0 radical (unpaired) electrons. The maximum absolute atomic E-state index is 11.8. The van der Waals surface area contributed by atoms with Crippen LogP contribution in [0.5, 0.6) is 0 Å². The molecule has 0 spiro atoms. The first kappa shape index (κ1) is 14.6. The molecule has 0 atom stereocenters. The number of ether oxygens (including phenoxy) is 1. The Bertz CT molecular complexity index is 634. The topological polar surface area (TPSA) is 85.2 Å². The van der Waals surface area contributed by atoms with E-state index < -0.39 is 12.0 Å². The van der Waals surface area contributed by atoms with Crippen LogP contribution in [0.1, 0.15) is 5.56 Å². The van der Waals surface area contributed by atoms with Crippen LogP contribution in [-0.4, -0.2) is 28.9 Å². The van der Waals surface area contributed by atoms with Crippen molar-refractivity contribution in [1.82, 2.24) is 9.78 Å². The average molecular weight is 288 g/mol. The molecule has 0 aliphatic heterocycles. The van der Waals surface area contributed by atoms with Gasteiger partial charge in [-0.25, -0.2) is 4.79 Å². The minimum atomic E-state index is -0.409. The Kier molecular flexibility index (Phi) is 4.55. The second kappa shape index (κ2) is 6.56. The first-order valence-electron chi connectivity index (χ1n) is 6.32. The maximum Gasteiger partial charge on any atom is 0.327 e. The van der Waals surface area contributed by atoms with Gasteiger partial charge in [0, 0.05) is 18.0 Å². The monoisotopic (exact) mass is 288 g/mol. The number of carbonyl (C=O) groups excluding carboxylic acids is 2. The number of hydrogen-bond acceptors (Lipinski definition) is 4. The molecule has 7 nitrogen and oxygen atoms in total. The summed E-state index contributed by atoms with van der Waals surface area (Å²) < 4.78 is 5.92. The van der Waals surface area contributed by atoms with Crippen LogP contribution in [0, 0.1) is 6.92 Å². The summed E-state index contributed by atoms with van der Waals surface area (Å²) >= 11 is 0. The summed E-state index contributed by atoms with van der Waals surface area (Å²) in [7, 11) is 1.31. The Morgan fingerprint density at radius 2 is 1.90 bits per heavy atom. The van der Waals surface area contributed by atoms with Gasteiger partial charge in [-0.1, -0.05) is 17.7 Å². The Labute approximate surface area is 121 Å². The number of hydrogen-bond donors (Lipinski definition) is 2. The summed E-state index contributed by atoms with van der Waals surface area (Å²) in [6, 6.07) is 8.62. The molecule has 110 valence electrons. The van der Waals surface area contributed by atoms with E-state index >= 15 is 0 Å². The zero-order valence-electron chi connectivity index (χ0n) is 11.8. The van der Waals surface area contributed by atoms with Crippen molar-refractivity contribution in [2.75, 3.05) is 17.7 Å². The lowest BCUT2D eigenvalue weighted by atomic mass is 10.2. The number of esters is 1. The summed E-state index contributed by atoms with van der Waals surface area (Å²) in [6.45, 7) is 1.97. The number of carbonyl (C=O) groups is 2. The van der Waals surface area contributed by atoms with E-state index in [0.717, 1.165) is 5.56 Å². The van der Waals surface area contributed by atoms with Gasteiger partial charge >= 0.3 is 12.0 Å². The number of urea groups is 1. The molecule has 0 bridgehead atoms. The van der Waals surface area contributed by atoms with Crippen LogP contribution in [0.2, 0.25) is 0 Å². The van der Waals surface area contributed by atoms with Gasteiger partial charge in [0.05, 0.1) is 7.11 Å². The van der Waals surface area contributed by atoms with E-state index in [1.807, 2.05) is 31.2 Å². The fourth-order valence-electron chi connectivity index (χ4n) is 1.63. The van der Waals surface area contributed by atoms with Crippen LogP contribution in [-0.2, 0) is 16.1 Å². The first-order valence-corrected chi connectivity index (χ1v) is 6.32. The van der Waals surface area contributed by atoms with Gasteiger partial charge in [-0.2, -0.15) is 5.10 Å². The number of amides is 2. The van der Waals surface area contributed by atoms with E-state index in [2.05, 4.69) is 20.5 Å². The van der Waals surface area contributed by atoms with Crippen LogP contribution in [0.3, 0.4) is 0 Å². The summed E-state index contributed by atoms with van der Waals surface area (Å²) in [5, 5.41) is 9.31. The second-order valence-corrected chi connectivity index (χ2v) is 4.42. The Balaban J connectivity index is 1.90. The molecule has 0 unspecified atom stereocenters. The fraction of sp³-hybridized carbons (Fsp3) is 0.214. The van der Waals surface area contributed by atoms with E-state index in [1.54, 1.807) is 12.3 Å². The Hall–Kier alpha value is -2.83. The molecule has 0 fully saturated rings. The van der Waals surface area contributed by atoms with Gasteiger partial charge in [-0.3, -0.25) is 14.8 Å². The van der Waals surface area contributed by atoms with Crippen molar-refractivity contribution in [2.24, 2.45) is 0 Å². The maximum atomic E-state index is 11.8. The number of anilines is 2. The number of benzene rings is 1. The minimum absolute atomic E-state index is 0.00222. The molecule has 7 heteroatoms. The van der Waals surface area contributed by atoms with Gasteiger partial charge < -0.3 is 10.1 Å².